The van der Waals surface area contributed by atoms with Gasteiger partial charge < -0.3 is 14.2 Å². The van der Waals surface area contributed by atoms with Crippen molar-refractivity contribution in [2.24, 2.45) is 0 Å². The van der Waals surface area contributed by atoms with Gasteiger partial charge in [-0.15, -0.1) is 0 Å². The Balaban J connectivity index is 4.33. The van der Waals surface area contributed by atoms with Gasteiger partial charge in [0.25, 0.3) is 0 Å². The summed E-state index contributed by atoms with van der Waals surface area (Å²) in [7, 11) is 0. The Morgan fingerprint density at radius 2 is 0.520 bits per heavy atom. The fraction of sp³-hybridized carbons (Fsp3) is 0.696. The topological polar surface area (TPSA) is 78.9 Å². The van der Waals surface area contributed by atoms with Crippen LogP contribution in [0, 0.1) is 0 Å². The van der Waals surface area contributed by atoms with Gasteiger partial charge in [0.1, 0.15) is 13.2 Å². The molecule has 0 aliphatic rings. The van der Waals surface area contributed by atoms with Gasteiger partial charge in [-0.05, 0) is 109 Å². The highest BCUT2D eigenvalue weighted by molar-refractivity contribution is 5.71. The van der Waals surface area contributed by atoms with E-state index in [9.17, 15) is 14.4 Å². The zero-order valence-corrected chi connectivity index (χ0v) is 49.0. The average molecular weight is 1040 g/mol. The molecule has 0 radical (unpaired) electrons. The standard InChI is InChI=1S/C69H116O6/c1-4-7-10-13-16-19-21-23-25-27-29-31-32-33-34-35-36-38-39-41-43-45-47-50-53-56-59-62-68(71)74-65-66(64-73-67(70)61-58-55-52-49-18-15-12-9-6-3)75-69(72)63-60-57-54-51-48-46-44-42-40-37-30-28-26-24-22-20-17-14-11-8-5-2/h7,10,16,19,23,25,28-31,33-34,36,38,41,43,47,50,66H,4-6,8-9,11-15,17-18,20-22,24,26-27,32,35,37,39-40,42,44-46,48-49,51-65H2,1-3H3/b10-7-,19-16-,25-23-,30-28-,31-29-,34-33-,38-36-,43-41-,50-47-. The summed E-state index contributed by atoms with van der Waals surface area (Å²) in [5.74, 6) is -0.937. The highest BCUT2D eigenvalue weighted by Crippen LogP contribution is 2.15. The molecule has 0 aromatic carbocycles. The van der Waals surface area contributed by atoms with Crippen molar-refractivity contribution >= 4 is 17.9 Å². The molecule has 0 saturated carbocycles. The summed E-state index contributed by atoms with van der Waals surface area (Å²) in [5.41, 5.74) is 0. The Bertz CT molecular complexity index is 1520. The quantitative estimate of drug-likeness (QED) is 0.0261. The predicted molar refractivity (Wildman–Crippen MR) is 325 cm³/mol. The van der Waals surface area contributed by atoms with Crippen molar-refractivity contribution < 1.29 is 28.6 Å². The van der Waals surface area contributed by atoms with E-state index in [1.54, 1.807) is 0 Å². The first-order valence-electron chi connectivity index (χ1n) is 31.4. The number of carbonyl (C=O) groups is 3. The van der Waals surface area contributed by atoms with E-state index in [4.69, 9.17) is 14.2 Å². The third kappa shape index (κ3) is 60.8. The zero-order valence-electron chi connectivity index (χ0n) is 49.0. The molecule has 1 unspecified atom stereocenters. The average Bonchev–Trinajstić information content (AvgIpc) is 3.41. The van der Waals surface area contributed by atoms with Crippen LogP contribution in [-0.2, 0) is 28.6 Å². The summed E-state index contributed by atoms with van der Waals surface area (Å²) >= 11 is 0. The Morgan fingerprint density at radius 1 is 0.280 bits per heavy atom. The molecular formula is C69H116O6. The molecule has 0 rings (SSSR count). The molecule has 0 amide bonds. The minimum absolute atomic E-state index is 0.0918. The minimum atomic E-state index is -0.797. The van der Waals surface area contributed by atoms with Crippen molar-refractivity contribution in [3.63, 3.8) is 0 Å². The number of ether oxygens (including phenoxy) is 3. The number of allylic oxidation sites excluding steroid dienone is 18. The molecule has 0 fully saturated rings. The molecule has 0 spiro atoms. The molecule has 0 aliphatic heterocycles. The Kier molecular flexibility index (Phi) is 59.3. The second-order valence-electron chi connectivity index (χ2n) is 20.6. The van der Waals surface area contributed by atoms with Gasteiger partial charge in [0, 0.05) is 19.3 Å². The third-order valence-electron chi connectivity index (χ3n) is 13.3. The molecule has 0 N–H and O–H groups in total. The fourth-order valence-electron chi connectivity index (χ4n) is 8.57. The van der Waals surface area contributed by atoms with Gasteiger partial charge in [-0.2, -0.15) is 0 Å². The molecule has 6 heteroatoms. The van der Waals surface area contributed by atoms with Crippen LogP contribution < -0.4 is 0 Å². The van der Waals surface area contributed by atoms with Crippen LogP contribution in [0.25, 0.3) is 0 Å². The molecule has 0 heterocycles. The van der Waals surface area contributed by atoms with Crippen LogP contribution in [0.3, 0.4) is 0 Å². The maximum Gasteiger partial charge on any atom is 0.306 e. The van der Waals surface area contributed by atoms with Gasteiger partial charge in [0.15, 0.2) is 6.10 Å². The number of rotatable bonds is 56. The monoisotopic (exact) mass is 1040 g/mol. The Labute approximate surface area is 463 Å². The van der Waals surface area contributed by atoms with Crippen molar-refractivity contribution in [2.75, 3.05) is 13.2 Å². The highest BCUT2D eigenvalue weighted by atomic mass is 16.6. The molecule has 428 valence electrons. The molecular weight excluding hydrogens is 925 g/mol. The first-order valence-corrected chi connectivity index (χ1v) is 31.4. The predicted octanol–water partition coefficient (Wildman–Crippen LogP) is 21.4. The maximum absolute atomic E-state index is 12.9. The SMILES string of the molecule is CC/C=C\C/C=C\C/C=C\C/C=C\C/C=C\C/C=C\C/C=C\C/C=C\CCCCC(=O)OCC(COC(=O)CCCCCCCCCCC)OC(=O)CCCCCCCCCCC/C=C\CCCCCCCCCC. The van der Waals surface area contributed by atoms with Crippen molar-refractivity contribution in [3.05, 3.63) is 109 Å². The highest BCUT2D eigenvalue weighted by Gasteiger charge is 2.19. The molecule has 0 bridgehead atoms. The van der Waals surface area contributed by atoms with Gasteiger partial charge in [-0.25, -0.2) is 0 Å². The van der Waals surface area contributed by atoms with E-state index in [0.29, 0.717) is 19.3 Å². The normalized spacial score (nSPS) is 12.8. The number of hydrogen-bond donors (Lipinski definition) is 0. The molecule has 0 saturated heterocycles. The lowest BCUT2D eigenvalue weighted by Gasteiger charge is -2.18. The summed E-state index contributed by atoms with van der Waals surface area (Å²) in [6, 6.07) is 0. The number of esters is 3. The lowest BCUT2D eigenvalue weighted by molar-refractivity contribution is -0.167. The second kappa shape index (κ2) is 62.6. The van der Waals surface area contributed by atoms with E-state index >= 15 is 0 Å². The molecule has 0 aromatic heterocycles. The summed E-state index contributed by atoms with van der Waals surface area (Å²) in [6.07, 6.45) is 85.3. The van der Waals surface area contributed by atoms with Crippen LogP contribution >= 0.6 is 0 Å². The van der Waals surface area contributed by atoms with Crippen LogP contribution in [0.15, 0.2) is 109 Å². The van der Waals surface area contributed by atoms with E-state index in [1.165, 1.54) is 141 Å². The van der Waals surface area contributed by atoms with Gasteiger partial charge >= 0.3 is 17.9 Å². The number of carbonyl (C=O) groups excluding carboxylic acids is 3. The van der Waals surface area contributed by atoms with Crippen LogP contribution in [-0.4, -0.2) is 37.2 Å². The van der Waals surface area contributed by atoms with Crippen molar-refractivity contribution in [3.8, 4) is 0 Å². The second-order valence-corrected chi connectivity index (χ2v) is 20.6. The molecule has 75 heavy (non-hydrogen) atoms. The lowest BCUT2D eigenvalue weighted by Crippen LogP contribution is -2.30. The van der Waals surface area contributed by atoms with Crippen LogP contribution in [0.1, 0.15) is 290 Å². The van der Waals surface area contributed by atoms with Crippen LogP contribution in [0.4, 0.5) is 0 Å². The summed E-state index contributed by atoms with van der Waals surface area (Å²) in [4.78, 5) is 38.1. The maximum atomic E-state index is 12.9. The third-order valence-corrected chi connectivity index (χ3v) is 13.3. The summed E-state index contributed by atoms with van der Waals surface area (Å²) in [6.45, 7) is 6.48. The minimum Gasteiger partial charge on any atom is -0.462 e. The molecule has 0 aliphatic carbocycles. The first kappa shape index (κ1) is 71.1. The van der Waals surface area contributed by atoms with Gasteiger partial charge in [-0.1, -0.05) is 271 Å². The smallest absolute Gasteiger partial charge is 0.306 e. The fourth-order valence-corrected chi connectivity index (χ4v) is 8.57. The zero-order chi connectivity index (χ0) is 54.3. The molecule has 1 atom stereocenters. The van der Waals surface area contributed by atoms with E-state index in [2.05, 4.69) is 130 Å². The first-order chi connectivity index (χ1) is 37.0. The van der Waals surface area contributed by atoms with Crippen molar-refractivity contribution in [2.45, 2.75) is 297 Å². The van der Waals surface area contributed by atoms with Crippen molar-refractivity contribution in [1.82, 2.24) is 0 Å². The van der Waals surface area contributed by atoms with Crippen LogP contribution in [0.5, 0.6) is 0 Å². The van der Waals surface area contributed by atoms with Gasteiger partial charge in [-0.3, -0.25) is 14.4 Å². The Hall–Kier alpha value is -3.93. The van der Waals surface area contributed by atoms with E-state index in [0.717, 1.165) is 109 Å². The summed E-state index contributed by atoms with van der Waals surface area (Å²) in [5, 5.41) is 0. The van der Waals surface area contributed by atoms with Crippen molar-refractivity contribution in [1.29, 1.82) is 0 Å². The van der Waals surface area contributed by atoms with E-state index in [1.807, 2.05) is 0 Å². The Morgan fingerprint density at radius 3 is 0.853 bits per heavy atom. The number of hydrogen-bond acceptors (Lipinski definition) is 6. The molecule has 0 aromatic rings. The number of unbranched alkanes of at least 4 members (excludes halogenated alkanes) is 27. The lowest BCUT2D eigenvalue weighted by atomic mass is 10.1. The largest absolute Gasteiger partial charge is 0.462 e. The van der Waals surface area contributed by atoms with E-state index < -0.39 is 6.10 Å². The van der Waals surface area contributed by atoms with Gasteiger partial charge in [0.05, 0.1) is 0 Å². The summed E-state index contributed by atoms with van der Waals surface area (Å²) < 4.78 is 16.8. The van der Waals surface area contributed by atoms with E-state index in [-0.39, 0.29) is 31.1 Å². The molecule has 6 nitrogen and oxygen atoms in total. The van der Waals surface area contributed by atoms with Gasteiger partial charge in [0.2, 0.25) is 0 Å². The van der Waals surface area contributed by atoms with Crippen LogP contribution in [0.2, 0.25) is 0 Å².